The van der Waals surface area contributed by atoms with Crippen LogP contribution in [0.3, 0.4) is 0 Å². The lowest BCUT2D eigenvalue weighted by atomic mass is 9.96. The Kier molecular flexibility index (Phi) is 7.04. The van der Waals surface area contributed by atoms with E-state index in [2.05, 4.69) is 204 Å². The summed E-state index contributed by atoms with van der Waals surface area (Å²) in [7, 11) is 0. The fraction of sp³-hybridized carbons (Fsp3) is 0. The van der Waals surface area contributed by atoms with E-state index in [9.17, 15) is 0 Å². The Hall–Kier alpha value is -6.42. The highest BCUT2D eigenvalue weighted by molar-refractivity contribution is 7.26. The molecule has 0 amide bonds. The number of aromatic nitrogens is 1. The van der Waals surface area contributed by atoms with E-state index < -0.39 is 0 Å². The van der Waals surface area contributed by atoms with Crippen molar-refractivity contribution in [1.82, 2.24) is 4.57 Å². The lowest BCUT2D eigenvalue weighted by Crippen LogP contribution is -2.10. The van der Waals surface area contributed by atoms with Crippen LogP contribution >= 0.6 is 11.3 Å². The number of hydrogen-bond acceptors (Lipinski definition) is 2. The molecule has 0 fully saturated rings. The van der Waals surface area contributed by atoms with Crippen LogP contribution in [0.15, 0.2) is 194 Å². The van der Waals surface area contributed by atoms with E-state index in [1.165, 1.54) is 64.2 Å². The van der Waals surface area contributed by atoms with Gasteiger partial charge in [-0.25, -0.2) is 0 Å². The van der Waals surface area contributed by atoms with Gasteiger partial charge in [0.2, 0.25) is 0 Å². The van der Waals surface area contributed by atoms with Crippen LogP contribution < -0.4 is 4.90 Å². The van der Waals surface area contributed by atoms with Crippen LogP contribution in [0.1, 0.15) is 0 Å². The van der Waals surface area contributed by atoms with Gasteiger partial charge < -0.3 is 9.47 Å². The topological polar surface area (TPSA) is 8.17 Å². The monoisotopic (exact) mass is 668 g/mol. The number of thiophene rings is 1. The molecule has 0 N–H and O–H groups in total. The van der Waals surface area contributed by atoms with Gasteiger partial charge in [0.05, 0.1) is 16.7 Å². The van der Waals surface area contributed by atoms with E-state index in [1.54, 1.807) is 0 Å². The highest BCUT2D eigenvalue weighted by Gasteiger charge is 2.21. The minimum absolute atomic E-state index is 1.12. The zero-order valence-corrected chi connectivity index (χ0v) is 28.6. The van der Waals surface area contributed by atoms with E-state index in [4.69, 9.17) is 0 Å². The first-order chi connectivity index (χ1) is 25.3. The zero-order valence-electron chi connectivity index (χ0n) is 27.8. The van der Waals surface area contributed by atoms with E-state index in [0.29, 0.717) is 0 Å². The second-order valence-corrected chi connectivity index (χ2v) is 14.0. The highest BCUT2D eigenvalue weighted by atomic mass is 32.1. The summed E-state index contributed by atoms with van der Waals surface area (Å²) in [5.74, 6) is 0. The molecule has 0 atom stereocenters. The quantitative estimate of drug-likeness (QED) is 0.171. The molecule has 0 aliphatic carbocycles. The zero-order chi connectivity index (χ0) is 33.7. The average Bonchev–Trinajstić information content (AvgIpc) is 3.76. The van der Waals surface area contributed by atoms with Crippen molar-refractivity contribution >= 4 is 70.4 Å². The third-order valence-electron chi connectivity index (χ3n) is 9.94. The van der Waals surface area contributed by atoms with Crippen LogP contribution in [-0.2, 0) is 0 Å². The van der Waals surface area contributed by atoms with Crippen molar-refractivity contribution in [3.8, 4) is 27.9 Å². The van der Waals surface area contributed by atoms with Crippen molar-refractivity contribution in [2.24, 2.45) is 0 Å². The van der Waals surface area contributed by atoms with Gasteiger partial charge in [-0.05, 0) is 89.0 Å². The van der Waals surface area contributed by atoms with Gasteiger partial charge in [-0.15, -0.1) is 11.3 Å². The maximum atomic E-state index is 2.46. The number of rotatable bonds is 6. The molecule has 0 bridgehead atoms. The summed E-state index contributed by atoms with van der Waals surface area (Å²) in [6.07, 6.45) is 0. The Morgan fingerprint density at radius 2 is 1.00 bits per heavy atom. The van der Waals surface area contributed by atoms with Gasteiger partial charge in [0.25, 0.3) is 0 Å². The van der Waals surface area contributed by atoms with Gasteiger partial charge >= 0.3 is 0 Å². The van der Waals surface area contributed by atoms with E-state index in [-0.39, 0.29) is 0 Å². The molecular weight excluding hydrogens is 637 g/mol. The van der Waals surface area contributed by atoms with Crippen molar-refractivity contribution in [2.45, 2.75) is 0 Å². The smallest absolute Gasteiger partial charge is 0.0562 e. The van der Waals surface area contributed by atoms with Crippen LogP contribution in [0.2, 0.25) is 0 Å². The van der Waals surface area contributed by atoms with Crippen molar-refractivity contribution in [1.29, 1.82) is 0 Å². The number of para-hydroxylation sites is 3. The first-order valence-electron chi connectivity index (χ1n) is 17.4. The molecule has 0 unspecified atom stereocenters. The number of fused-ring (bicyclic) bond motifs is 6. The third-order valence-corrected chi connectivity index (χ3v) is 11.2. The van der Waals surface area contributed by atoms with Crippen molar-refractivity contribution in [3.63, 3.8) is 0 Å². The van der Waals surface area contributed by atoms with Gasteiger partial charge in [-0.3, -0.25) is 0 Å². The normalized spacial score (nSPS) is 11.5. The lowest BCUT2D eigenvalue weighted by Gasteiger charge is -2.26. The predicted octanol–water partition coefficient (Wildman–Crippen LogP) is 14.0. The van der Waals surface area contributed by atoms with Crippen LogP contribution in [-0.4, -0.2) is 4.57 Å². The second kappa shape index (κ2) is 12.2. The Morgan fingerprint density at radius 3 is 1.76 bits per heavy atom. The predicted molar refractivity (Wildman–Crippen MR) is 219 cm³/mol. The fourth-order valence-corrected chi connectivity index (χ4v) is 8.95. The number of nitrogens with zero attached hydrogens (tertiary/aromatic N) is 2. The summed E-state index contributed by atoms with van der Waals surface area (Å²) in [6.45, 7) is 0. The fourth-order valence-electron chi connectivity index (χ4n) is 7.71. The van der Waals surface area contributed by atoms with Gasteiger partial charge in [0, 0.05) is 48.0 Å². The van der Waals surface area contributed by atoms with Crippen LogP contribution in [0.4, 0.5) is 17.1 Å². The average molecular weight is 669 g/mol. The van der Waals surface area contributed by atoms with E-state index in [1.807, 2.05) is 11.3 Å². The third kappa shape index (κ3) is 4.93. The lowest BCUT2D eigenvalue weighted by molar-refractivity contribution is 1.18. The summed E-state index contributed by atoms with van der Waals surface area (Å²) in [5.41, 5.74) is 11.7. The van der Waals surface area contributed by atoms with Gasteiger partial charge in [-0.2, -0.15) is 0 Å². The number of benzene rings is 8. The molecule has 51 heavy (non-hydrogen) atoms. The maximum absolute atomic E-state index is 2.46. The molecule has 2 aromatic heterocycles. The molecule has 2 heterocycles. The SMILES string of the molecule is c1ccc(-c2cc(-c3cccc4c3sc3ccccc34)cc(-n3c4ccccc4c4c(N(c5ccccc5)c5ccccc5)cccc43)c2)cc1. The van der Waals surface area contributed by atoms with E-state index >= 15 is 0 Å². The molecule has 0 saturated heterocycles. The van der Waals surface area contributed by atoms with E-state index in [0.717, 1.165) is 22.7 Å². The molecule has 10 aromatic rings. The highest BCUT2D eigenvalue weighted by Crippen LogP contribution is 2.45. The maximum Gasteiger partial charge on any atom is 0.0562 e. The largest absolute Gasteiger partial charge is 0.310 e. The van der Waals surface area contributed by atoms with Crippen molar-refractivity contribution < 1.29 is 0 Å². The van der Waals surface area contributed by atoms with Gasteiger partial charge in [0.15, 0.2) is 0 Å². The molecule has 0 spiro atoms. The molecule has 0 aliphatic heterocycles. The van der Waals surface area contributed by atoms with Crippen LogP contribution in [0.5, 0.6) is 0 Å². The summed E-state index contributed by atoms with van der Waals surface area (Å²) in [5, 5.41) is 5.07. The second-order valence-electron chi connectivity index (χ2n) is 12.9. The molecule has 0 saturated carbocycles. The minimum Gasteiger partial charge on any atom is -0.310 e. The standard InChI is InChI=1S/C48H32N2S/c1-4-16-33(17-5-1)34-30-35(39-24-14-25-41-40-22-11-13-29-46(40)51-48(39)41)32-38(31-34)50-43-26-12-10-23-42(43)47-44(27-15-28-45(47)50)49(36-18-6-2-7-19-36)37-20-8-3-9-21-37/h1-32H. The molecule has 2 nitrogen and oxygen atoms in total. The summed E-state index contributed by atoms with van der Waals surface area (Å²) in [4.78, 5) is 2.38. The van der Waals surface area contributed by atoms with Crippen molar-refractivity contribution in [2.75, 3.05) is 4.90 Å². The Labute approximate surface area is 300 Å². The molecule has 0 radical (unpaired) electrons. The minimum atomic E-state index is 1.12. The summed E-state index contributed by atoms with van der Waals surface area (Å²) >= 11 is 1.88. The Balaban J connectivity index is 1.27. The van der Waals surface area contributed by atoms with Crippen LogP contribution in [0.25, 0.3) is 69.9 Å². The molecular formula is C48H32N2S. The first kappa shape index (κ1) is 29.5. The van der Waals surface area contributed by atoms with Crippen molar-refractivity contribution in [3.05, 3.63) is 194 Å². The Bertz CT molecular complexity index is 2810. The summed E-state index contributed by atoms with van der Waals surface area (Å²) in [6, 6.07) is 70.3. The first-order valence-corrected chi connectivity index (χ1v) is 18.2. The van der Waals surface area contributed by atoms with Crippen LogP contribution in [0, 0.1) is 0 Å². The molecule has 10 rings (SSSR count). The molecule has 0 aliphatic rings. The number of hydrogen-bond donors (Lipinski definition) is 0. The van der Waals surface area contributed by atoms with Gasteiger partial charge in [0.1, 0.15) is 0 Å². The molecule has 240 valence electrons. The Morgan fingerprint density at radius 1 is 0.412 bits per heavy atom. The molecule has 3 heteroatoms. The number of anilines is 3. The molecule has 8 aromatic carbocycles. The van der Waals surface area contributed by atoms with Gasteiger partial charge in [-0.1, -0.05) is 127 Å². The summed E-state index contributed by atoms with van der Waals surface area (Å²) < 4.78 is 5.10.